The molecule has 0 aliphatic carbocycles. The highest BCUT2D eigenvalue weighted by Gasteiger charge is 2.08. The summed E-state index contributed by atoms with van der Waals surface area (Å²) in [5.74, 6) is 0. The molecular formula is C13H15N3O. The molecule has 0 fully saturated rings. The van der Waals surface area contributed by atoms with E-state index in [1.165, 1.54) is 0 Å². The maximum absolute atomic E-state index is 8.99. The zero-order chi connectivity index (χ0) is 12.3. The monoisotopic (exact) mass is 229 g/mol. The number of hydrogen-bond acceptors (Lipinski definition) is 4. The van der Waals surface area contributed by atoms with Gasteiger partial charge >= 0.3 is 0 Å². The van der Waals surface area contributed by atoms with Crippen LogP contribution in [0.4, 0.5) is 11.4 Å². The molecule has 0 aliphatic heterocycles. The molecule has 0 bridgehead atoms. The summed E-state index contributed by atoms with van der Waals surface area (Å²) >= 11 is 0. The Hall–Kier alpha value is -2.07. The molecule has 4 heteroatoms. The Morgan fingerprint density at radius 1 is 1.24 bits per heavy atom. The van der Waals surface area contributed by atoms with Gasteiger partial charge in [0.2, 0.25) is 0 Å². The second-order valence-electron chi connectivity index (χ2n) is 3.86. The number of nitrogens with two attached hydrogens (primary N) is 2. The molecule has 4 nitrogen and oxygen atoms in total. The molecule has 0 spiro atoms. The van der Waals surface area contributed by atoms with Crippen molar-refractivity contribution >= 4 is 11.4 Å². The smallest absolute Gasteiger partial charge is 0.0472 e. The van der Waals surface area contributed by atoms with Gasteiger partial charge in [0.15, 0.2) is 0 Å². The lowest BCUT2D eigenvalue weighted by Gasteiger charge is -2.12. The lowest BCUT2D eigenvalue weighted by Crippen LogP contribution is -2.02. The molecule has 17 heavy (non-hydrogen) atoms. The van der Waals surface area contributed by atoms with E-state index in [-0.39, 0.29) is 6.61 Å². The molecular weight excluding hydrogens is 214 g/mol. The standard InChI is InChI=1S/C13H15N3O/c14-11-6-9(3-5-17)13(15)12(7-11)10-2-1-4-16-8-10/h1-2,4,6-8,17H,3,5,14-15H2. The van der Waals surface area contributed by atoms with Crippen molar-refractivity contribution in [2.75, 3.05) is 18.1 Å². The van der Waals surface area contributed by atoms with Crippen molar-refractivity contribution in [2.45, 2.75) is 6.42 Å². The van der Waals surface area contributed by atoms with E-state index in [4.69, 9.17) is 16.6 Å². The summed E-state index contributed by atoms with van der Waals surface area (Å²) in [5, 5.41) is 8.99. The Labute approximate surface area is 99.9 Å². The van der Waals surface area contributed by atoms with Gasteiger partial charge in [-0.3, -0.25) is 4.98 Å². The summed E-state index contributed by atoms with van der Waals surface area (Å²) in [7, 11) is 0. The van der Waals surface area contributed by atoms with Crippen LogP contribution in [0.25, 0.3) is 11.1 Å². The summed E-state index contributed by atoms with van der Waals surface area (Å²) in [4.78, 5) is 4.06. The van der Waals surface area contributed by atoms with Gasteiger partial charge in [-0.15, -0.1) is 0 Å². The van der Waals surface area contributed by atoms with Crippen LogP contribution in [0.3, 0.4) is 0 Å². The Bertz CT molecular complexity index is 512. The van der Waals surface area contributed by atoms with Gasteiger partial charge in [-0.05, 0) is 30.2 Å². The van der Waals surface area contributed by atoms with Crippen LogP contribution in [-0.4, -0.2) is 16.7 Å². The highest BCUT2D eigenvalue weighted by molar-refractivity contribution is 5.81. The summed E-state index contributed by atoms with van der Waals surface area (Å²) in [6.07, 6.45) is 3.96. The Morgan fingerprint density at radius 2 is 2.06 bits per heavy atom. The number of aliphatic hydroxyl groups is 1. The van der Waals surface area contributed by atoms with Gasteiger partial charge in [0, 0.05) is 41.5 Å². The highest BCUT2D eigenvalue weighted by atomic mass is 16.2. The molecule has 0 radical (unpaired) electrons. The van der Waals surface area contributed by atoms with Crippen molar-refractivity contribution in [1.82, 2.24) is 4.98 Å². The quantitative estimate of drug-likeness (QED) is 0.695. The van der Waals surface area contributed by atoms with Crippen molar-refractivity contribution < 1.29 is 5.11 Å². The molecule has 2 rings (SSSR count). The molecule has 0 aliphatic rings. The Kier molecular flexibility index (Phi) is 3.25. The van der Waals surface area contributed by atoms with Crippen LogP contribution in [0.2, 0.25) is 0 Å². The van der Waals surface area contributed by atoms with E-state index in [9.17, 15) is 0 Å². The minimum absolute atomic E-state index is 0.0557. The van der Waals surface area contributed by atoms with Crippen molar-refractivity contribution in [3.05, 3.63) is 42.2 Å². The Balaban J connectivity index is 2.54. The van der Waals surface area contributed by atoms with Gasteiger partial charge in [-0.25, -0.2) is 0 Å². The second kappa shape index (κ2) is 4.84. The molecule has 1 heterocycles. The van der Waals surface area contributed by atoms with Gasteiger partial charge in [-0.2, -0.15) is 0 Å². The van der Waals surface area contributed by atoms with Gasteiger partial charge in [0.05, 0.1) is 0 Å². The van der Waals surface area contributed by atoms with Crippen LogP contribution < -0.4 is 11.5 Å². The minimum atomic E-state index is 0.0557. The first kappa shape index (κ1) is 11.4. The third kappa shape index (κ3) is 2.37. The van der Waals surface area contributed by atoms with Crippen LogP contribution in [0.5, 0.6) is 0 Å². The third-order valence-electron chi connectivity index (χ3n) is 2.64. The number of aliphatic hydroxyl groups excluding tert-OH is 1. The number of nitrogen functional groups attached to an aromatic ring is 2. The molecule has 1 aromatic carbocycles. The number of anilines is 2. The number of benzene rings is 1. The van der Waals surface area contributed by atoms with Gasteiger partial charge in [0.1, 0.15) is 0 Å². The minimum Gasteiger partial charge on any atom is -0.399 e. The average Bonchev–Trinajstić information content (AvgIpc) is 2.35. The largest absolute Gasteiger partial charge is 0.399 e. The van der Waals surface area contributed by atoms with Gasteiger partial charge in [-0.1, -0.05) is 6.07 Å². The van der Waals surface area contributed by atoms with Crippen molar-refractivity contribution in [1.29, 1.82) is 0 Å². The lowest BCUT2D eigenvalue weighted by molar-refractivity contribution is 0.300. The normalized spacial score (nSPS) is 10.4. The zero-order valence-corrected chi connectivity index (χ0v) is 9.43. The first-order valence-corrected chi connectivity index (χ1v) is 5.41. The van der Waals surface area contributed by atoms with E-state index in [1.54, 1.807) is 18.5 Å². The summed E-state index contributed by atoms with van der Waals surface area (Å²) in [6, 6.07) is 7.41. The Morgan fingerprint density at radius 3 is 2.71 bits per heavy atom. The number of pyridine rings is 1. The predicted octanol–water partition coefficient (Wildman–Crippen LogP) is 1.45. The topological polar surface area (TPSA) is 85.2 Å². The van der Waals surface area contributed by atoms with E-state index in [0.717, 1.165) is 16.7 Å². The third-order valence-corrected chi connectivity index (χ3v) is 2.64. The number of hydrogen-bond donors (Lipinski definition) is 3. The van der Waals surface area contributed by atoms with Gasteiger partial charge < -0.3 is 16.6 Å². The maximum Gasteiger partial charge on any atom is 0.0472 e. The van der Waals surface area contributed by atoms with Crippen molar-refractivity contribution in [2.24, 2.45) is 0 Å². The number of rotatable bonds is 3. The molecule has 1 aromatic heterocycles. The molecule has 0 saturated carbocycles. The van der Waals surface area contributed by atoms with Crippen molar-refractivity contribution in [3.8, 4) is 11.1 Å². The fraction of sp³-hybridized carbons (Fsp3) is 0.154. The molecule has 0 unspecified atom stereocenters. The van der Waals surface area contributed by atoms with Gasteiger partial charge in [0.25, 0.3) is 0 Å². The van der Waals surface area contributed by atoms with Crippen LogP contribution in [0, 0.1) is 0 Å². The first-order chi connectivity index (χ1) is 8.22. The van der Waals surface area contributed by atoms with Crippen LogP contribution in [-0.2, 0) is 6.42 Å². The lowest BCUT2D eigenvalue weighted by atomic mass is 9.99. The summed E-state index contributed by atoms with van der Waals surface area (Å²) in [6.45, 7) is 0.0557. The fourth-order valence-corrected chi connectivity index (χ4v) is 1.83. The average molecular weight is 229 g/mol. The molecule has 0 atom stereocenters. The van der Waals surface area contributed by atoms with E-state index in [0.29, 0.717) is 17.8 Å². The molecule has 5 N–H and O–H groups in total. The molecule has 0 amide bonds. The first-order valence-electron chi connectivity index (χ1n) is 5.41. The van der Waals surface area contributed by atoms with E-state index in [1.807, 2.05) is 18.2 Å². The molecule has 88 valence electrons. The highest BCUT2D eigenvalue weighted by Crippen LogP contribution is 2.30. The van der Waals surface area contributed by atoms with E-state index >= 15 is 0 Å². The second-order valence-corrected chi connectivity index (χ2v) is 3.86. The molecule has 2 aromatic rings. The summed E-state index contributed by atoms with van der Waals surface area (Å²) in [5.41, 5.74) is 15.9. The van der Waals surface area contributed by atoms with Crippen LogP contribution >= 0.6 is 0 Å². The van der Waals surface area contributed by atoms with Crippen LogP contribution in [0.15, 0.2) is 36.7 Å². The van der Waals surface area contributed by atoms with E-state index in [2.05, 4.69) is 4.98 Å². The predicted molar refractivity (Wildman–Crippen MR) is 69.3 cm³/mol. The van der Waals surface area contributed by atoms with Crippen molar-refractivity contribution in [3.63, 3.8) is 0 Å². The number of aromatic nitrogens is 1. The van der Waals surface area contributed by atoms with Crippen LogP contribution in [0.1, 0.15) is 5.56 Å². The van der Waals surface area contributed by atoms with E-state index < -0.39 is 0 Å². The number of nitrogens with zero attached hydrogens (tertiary/aromatic N) is 1. The zero-order valence-electron chi connectivity index (χ0n) is 9.43. The summed E-state index contributed by atoms with van der Waals surface area (Å²) < 4.78 is 0. The fourth-order valence-electron chi connectivity index (χ4n) is 1.83. The SMILES string of the molecule is Nc1cc(CCO)c(N)c(-c2cccnc2)c1. The maximum atomic E-state index is 8.99. The molecule has 0 saturated heterocycles.